The van der Waals surface area contributed by atoms with Crippen molar-refractivity contribution < 1.29 is 14.6 Å². The predicted molar refractivity (Wildman–Crippen MR) is 72.0 cm³/mol. The molecule has 1 rings (SSSR count). The van der Waals surface area contributed by atoms with E-state index in [1.807, 2.05) is 39.0 Å². The van der Waals surface area contributed by atoms with Crippen LogP contribution >= 0.6 is 0 Å². The Balaban J connectivity index is 2.98. The van der Waals surface area contributed by atoms with Crippen molar-refractivity contribution in [3.05, 3.63) is 23.8 Å². The van der Waals surface area contributed by atoms with Crippen LogP contribution < -0.4 is 15.2 Å². The third-order valence-corrected chi connectivity index (χ3v) is 2.82. The van der Waals surface area contributed by atoms with Crippen LogP contribution in [0.3, 0.4) is 0 Å². The number of rotatable bonds is 7. The second-order valence-corrected chi connectivity index (χ2v) is 4.23. The molecule has 2 unspecified atom stereocenters. The summed E-state index contributed by atoms with van der Waals surface area (Å²) in [5.41, 5.74) is 6.37. The molecule has 0 radical (unpaired) electrons. The lowest BCUT2D eigenvalue weighted by Gasteiger charge is -2.19. The quantitative estimate of drug-likeness (QED) is 0.781. The number of hydrogen-bond acceptors (Lipinski definition) is 4. The van der Waals surface area contributed by atoms with E-state index in [1.165, 1.54) is 0 Å². The van der Waals surface area contributed by atoms with Gasteiger partial charge in [-0.05, 0) is 44.0 Å². The molecule has 0 spiro atoms. The van der Waals surface area contributed by atoms with E-state index >= 15 is 0 Å². The van der Waals surface area contributed by atoms with Gasteiger partial charge in [-0.2, -0.15) is 0 Å². The molecule has 0 bridgehead atoms. The minimum absolute atomic E-state index is 0.0115. The maximum absolute atomic E-state index is 10.1. The zero-order valence-corrected chi connectivity index (χ0v) is 11.3. The summed E-state index contributed by atoms with van der Waals surface area (Å²) in [5, 5.41) is 10.1. The van der Waals surface area contributed by atoms with Crippen LogP contribution in [0.1, 0.15) is 32.4 Å². The Morgan fingerprint density at radius 1 is 1.17 bits per heavy atom. The van der Waals surface area contributed by atoms with E-state index in [0.29, 0.717) is 31.3 Å². The van der Waals surface area contributed by atoms with Gasteiger partial charge in [0.05, 0.1) is 19.3 Å². The van der Waals surface area contributed by atoms with Crippen LogP contribution in [-0.2, 0) is 0 Å². The van der Waals surface area contributed by atoms with Crippen molar-refractivity contribution >= 4 is 0 Å². The highest BCUT2D eigenvalue weighted by Crippen LogP contribution is 2.32. The summed E-state index contributed by atoms with van der Waals surface area (Å²) in [6, 6.07) is 5.51. The first-order valence-corrected chi connectivity index (χ1v) is 6.41. The third-order valence-electron chi connectivity index (χ3n) is 2.82. The second kappa shape index (κ2) is 7.24. The molecular weight excluding hydrogens is 230 g/mol. The van der Waals surface area contributed by atoms with Gasteiger partial charge in [0.2, 0.25) is 0 Å². The average Bonchev–Trinajstić information content (AvgIpc) is 2.39. The number of aliphatic hydroxyl groups excluding tert-OH is 1. The molecule has 0 saturated heterocycles. The van der Waals surface area contributed by atoms with Crippen LogP contribution in [0, 0.1) is 5.92 Å². The topological polar surface area (TPSA) is 64.7 Å². The molecule has 1 aromatic rings. The Morgan fingerprint density at radius 2 is 1.78 bits per heavy atom. The average molecular weight is 253 g/mol. The number of nitrogens with two attached hydrogens (primary N) is 1. The van der Waals surface area contributed by atoms with Gasteiger partial charge >= 0.3 is 0 Å². The predicted octanol–water partition coefficient (Wildman–Crippen LogP) is 2.11. The fourth-order valence-electron chi connectivity index (χ4n) is 1.71. The highest BCUT2D eigenvalue weighted by Gasteiger charge is 2.17. The van der Waals surface area contributed by atoms with Crippen molar-refractivity contribution in [1.29, 1.82) is 0 Å². The maximum Gasteiger partial charge on any atom is 0.161 e. The molecule has 18 heavy (non-hydrogen) atoms. The van der Waals surface area contributed by atoms with Crippen LogP contribution in [0.4, 0.5) is 0 Å². The second-order valence-electron chi connectivity index (χ2n) is 4.23. The highest BCUT2D eigenvalue weighted by atomic mass is 16.5. The van der Waals surface area contributed by atoms with Gasteiger partial charge in [0, 0.05) is 0 Å². The Hall–Kier alpha value is -1.26. The SMILES string of the molecule is CCOc1ccc(C(O)C(C)CN)cc1OCC. The van der Waals surface area contributed by atoms with Crippen molar-refractivity contribution in [1.82, 2.24) is 0 Å². The normalized spacial score (nSPS) is 14.1. The van der Waals surface area contributed by atoms with E-state index in [0.717, 1.165) is 5.56 Å². The molecule has 102 valence electrons. The third kappa shape index (κ3) is 3.62. The zero-order valence-electron chi connectivity index (χ0n) is 11.3. The van der Waals surface area contributed by atoms with Crippen LogP contribution in [-0.4, -0.2) is 24.9 Å². The molecule has 1 aromatic carbocycles. The molecule has 0 aliphatic carbocycles. The molecule has 0 aliphatic rings. The van der Waals surface area contributed by atoms with Crippen LogP contribution in [0.2, 0.25) is 0 Å². The van der Waals surface area contributed by atoms with E-state index in [9.17, 15) is 5.11 Å². The molecule has 0 amide bonds. The Kier molecular flexibility index (Phi) is 5.95. The summed E-state index contributed by atoms with van der Waals surface area (Å²) in [7, 11) is 0. The van der Waals surface area contributed by atoms with Crippen molar-refractivity contribution in [2.75, 3.05) is 19.8 Å². The van der Waals surface area contributed by atoms with Gasteiger partial charge in [0.25, 0.3) is 0 Å². The highest BCUT2D eigenvalue weighted by molar-refractivity contribution is 5.43. The van der Waals surface area contributed by atoms with Crippen molar-refractivity contribution in [3.63, 3.8) is 0 Å². The summed E-state index contributed by atoms with van der Waals surface area (Å²) < 4.78 is 11.0. The minimum Gasteiger partial charge on any atom is -0.490 e. The van der Waals surface area contributed by atoms with Crippen LogP contribution in [0.5, 0.6) is 11.5 Å². The van der Waals surface area contributed by atoms with Crippen molar-refractivity contribution in [2.45, 2.75) is 26.9 Å². The Morgan fingerprint density at radius 3 is 2.33 bits per heavy atom. The van der Waals surface area contributed by atoms with Gasteiger partial charge in [-0.15, -0.1) is 0 Å². The summed E-state index contributed by atoms with van der Waals surface area (Å²) in [6.45, 7) is 7.35. The molecule has 0 saturated carbocycles. The van der Waals surface area contributed by atoms with Gasteiger partial charge in [-0.3, -0.25) is 0 Å². The maximum atomic E-state index is 10.1. The fraction of sp³-hybridized carbons (Fsp3) is 0.571. The Bertz CT molecular complexity index is 368. The van der Waals surface area contributed by atoms with E-state index in [4.69, 9.17) is 15.2 Å². The first-order valence-electron chi connectivity index (χ1n) is 6.41. The lowest BCUT2D eigenvalue weighted by Crippen LogP contribution is -2.18. The van der Waals surface area contributed by atoms with Gasteiger partial charge in [0.15, 0.2) is 11.5 Å². The zero-order chi connectivity index (χ0) is 13.5. The smallest absolute Gasteiger partial charge is 0.161 e. The molecule has 4 nitrogen and oxygen atoms in total. The molecule has 0 heterocycles. The molecule has 0 aliphatic heterocycles. The first-order chi connectivity index (χ1) is 8.63. The number of aliphatic hydroxyl groups is 1. The summed E-state index contributed by atoms with van der Waals surface area (Å²) in [5.74, 6) is 1.38. The summed E-state index contributed by atoms with van der Waals surface area (Å²) in [6.07, 6.45) is -0.579. The van der Waals surface area contributed by atoms with E-state index in [-0.39, 0.29) is 5.92 Å². The van der Waals surface area contributed by atoms with Gasteiger partial charge in [-0.25, -0.2) is 0 Å². The van der Waals surface area contributed by atoms with Gasteiger partial charge < -0.3 is 20.3 Å². The number of hydrogen-bond donors (Lipinski definition) is 2. The number of benzene rings is 1. The molecule has 3 N–H and O–H groups in total. The largest absolute Gasteiger partial charge is 0.490 e. The van der Waals surface area contributed by atoms with E-state index < -0.39 is 6.10 Å². The molecule has 0 fully saturated rings. The van der Waals surface area contributed by atoms with Crippen molar-refractivity contribution in [3.8, 4) is 11.5 Å². The molecular formula is C14H23NO3. The monoisotopic (exact) mass is 253 g/mol. The lowest BCUT2D eigenvalue weighted by atomic mass is 9.97. The standard InChI is InChI=1S/C14H23NO3/c1-4-17-12-7-6-11(8-13(12)18-5-2)14(16)10(3)9-15/h6-8,10,14,16H,4-5,9,15H2,1-3H3. The van der Waals surface area contributed by atoms with Gasteiger partial charge in [-0.1, -0.05) is 13.0 Å². The van der Waals surface area contributed by atoms with E-state index in [2.05, 4.69) is 0 Å². The molecule has 4 heteroatoms. The number of ether oxygens (including phenoxy) is 2. The van der Waals surface area contributed by atoms with E-state index in [1.54, 1.807) is 0 Å². The van der Waals surface area contributed by atoms with Crippen LogP contribution in [0.25, 0.3) is 0 Å². The van der Waals surface area contributed by atoms with Crippen molar-refractivity contribution in [2.24, 2.45) is 11.7 Å². The van der Waals surface area contributed by atoms with Gasteiger partial charge in [0.1, 0.15) is 0 Å². The summed E-state index contributed by atoms with van der Waals surface area (Å²) in [4.78, 5) is 0. The van der Waals surface area contributed by atoms with Crippen LogP contribution in [0.15, 0.2) is 18.2 Å². The Labute approximate surface area is 109 Å². The first kappa shape index (κ1) is 14.8. The molecule has 2 atom stereocenters. The molecule has 0 aromatic heterocycles. The summed E-state index contributed by atoms with van der Waals surface area (Å²) >= 11 is 0. The minimum atomic E-state index is -0.579. The lowest BCUT2D eigenvalue weighted by molar-refractivity contribution is 0.121. The fourth-order valence-corrected chi connectivity index (χ4v) is 1.71.